The maximum absolute atomic E-state index is 7.09. The van der Waals surface area contributed by atoms with E-state index < -0.39 is 0 Å². The third kappa shape index (κ3) is 14.5. The molecule has 0 aliphatic heterocycles. The van der Waals surface area contributed by atoms with E-state index in [9.17, 15) is 0 Å². The van der Waals surface area contributed by atoms with E-state index in [4.69, 9.17) is 62.5 Å². The van der Waals surface area contributed by atoms with Crippen LogP contribution in [0.15, 0.2) is 454 Å². The van der Waals surface area contributed by atoms with Gasteiger partial charge in [-0.2, -0.15) is 0 Å². The molecule has 0 radical (unpaired) electrons. The Hall–Kier alpha value is -18.6. The van der Waals surface area contributed by atoms with E-state index in [1.165, 1.54) is 77.7 Å². The molecule has 150 heavy (non-hydrogen) atoms. The van der Waals surface area contributed by atoms with Crippen molar-refractivity contribution in [1.29, 1.82) is 0 Å². The van der Waals surface area contributed by atoms with Gasteiger partial charge in [-0.25, -0.2) is 44.9 Å². The molecule has 0 bridgehead atoms. The largest absolute Gasteiger partial charge is 0.456 e. The van der Waals surface area contributed by atoms with Gasteiger partial charge in [-0.3, -0.25) is 0 Å². The van der Waals surface area contributed by atoms with Gasteiger partial charge < -0.3 is 17.7 Å². The molecular formula is C137H99N9O4. The number of para-hydroxylation sites is 4. The van der Waals surface area contributed by atoms with Crippen molar-refractivity contribution in [2.45, 2.75) is 77.6 Å². The summed E-state index contributed by atoms with van der Waals surface area (Å²) in [5.41, 5.74) is 35.8. The van der Waals surface area contributed by atoms with Crippen molar-refractivity contribution in [2.75, 3.05) is 0 Å². The molecule has 3 aliphatic carbocycles. The topological polar surface area (TPSA) is 169 Å². The smallest absolute Gasteiger partial charge is 0.164 e. The van der Waals surface area contributed by atoms with Crippen LogP contribution in [0.3, 0.4) is 0 Å². The summed E-state index contributed by atoms with van der Waals surface area (Å²) in [4.78, 5) is 45.1. The number of hydrogen-bond acceptors (Lipinski definition) is 13. The fraction of sp³-hybridized carbons (Fsp3) is 0.102. The third-order valence-electron chi connectivity index (χ3n) is 31.7. The minimum atomic E-state index is -0.369. The Morgan fingerprint density at radius 3 is 1.05 bits per heavy atom. The van der Waals surface area contributed by atoms with E-state index in [0.717, 1.165) is 168 Å². The molecule has 7 aromatic heterocycles. The molecule has 0 spiro atoms. The second kappa shape index (κ2) is 36.3. The second-order valence-electron chi connectivity index (χ2n) is 40.3. The van der Waals surface area contributed by atoms with E-state index in [1.807, 2.05) is 176 Å². The molecule has 1 unspecified atom stereocenters. The minimum absolute atomic E-state index is 0.150. The van der Waals surface area contributed by atoms with Crippen LogP contribution in [0.4, 0.5) is 0 Å². The first-order valence-corrected chi connectivity index (χ1v) is 51.8. The SMILES string of the molecule is CC(C)C1(C(C)C)c2ccccc2-c2ccc3c(oc4c(-c5ccc(-c6nc(-c7ccccc7)nc(-c7ccccc7)n6)cc5)cccc43)c21.CC1(c2ccccc2)c2ccccc2-c2ccc3c(oc4c(-c5cccc(-c6nc(-c7ccccc7)nc(-c7ccccc7)n6)c5)cccc43)c21.CCC1(CC)c2cccc(-c3nc(-c4ccccc4)nc(-c4ccc5oc6ccccc6c5c4)n3)c2-c2ccc3c(oc4ccccc43)c21. The summed E-state index contributed by atoms with van der Waals surface area (Å²) in [7, 11) is 0. The maximum atomic E-state index is 7.09. The Bertz CT molecular complexity index is 9700. The Balaban J connectivity index is 0.000000111. The van der Waals surface area contributed by atoms with Gasteiger partial charge in [0.15, 0.2) is 52.4 Å². The first-order valence-electron chi connectivity index (χ1n) is 51.8. The summed E-state index contributed by atoms with van der Waals surface area (Å²) in [5, 5.41) is 8.94. The highest BCUT2D eigenvalue weighted by Crippen LogP contribution is 2.63. The number of fused-ring (bicyclic) bond motifs is 24. The van der Waals surface area contributed by atoms with E-state index >= 15 is 0 Å². The summed E-state index contributed by atoms with van der Waals surface area (Å²) in [6.07, 6.45) is 1.89. The van der Waals surface area contributed by atoms with Crippen molar-refractivity contribution in [3.05, 3.63) is 476 Å². The number of rotatable bonds is 16. The number of aromatic nitrogens is 9. The van der Waals surface area contributed by atoms with Crippen molar-refractivity contribution < 1.29 is 17.7 Å². The molecule has 0 saturated heterocycles. The normalized spacial score (nSPS) is 13.9. The van der Waals surface area contributed by atoms with E-state index in [2.05, 4.69) is 309 Å². The quantitative estimate of drug-likeness (QED) is 0.0897. The van der Waals surface area contributed by atoms with Crippen LogP contribution in [0.1, 0.15) is 100 Å². The van der Waals surface area contributed by atoms with Gasteiger partial charge in [0.2, 0.25) is 0 Å². The first kappa shape index (κ1) is 90.2. The van der Waals surface area contributed by atoms with Crippen LogP contribution in [0.2, 0.25) is 0 Å². The van der Waals surface area contributed by atoms with Gasteiger partial charge in [-0.1, -0.05) is 424 Å². The van der Waals surface area contributed by atoms with Crippen LogP contribution >= 0.6 is 0 Å². The molecule has 26 aromatic rings. The average molecular weight is 1940 g/mol. The molecule has 13 heteroatoms. The Kier molecular flexibility index (Phi) is 21.8. The molecule has 3 aliphatic rings. The lowest BCUT2D eigenvalue weighted by atomic mass is 9.62. The number of furan rings is 4. The summed E-state index contributed by atoms with van der Waals surface area (Å²) in [6.45, 7) is 16.4. The molecule has 0 N–H and O–H groups in total. The van der Waals surface area contributed by atoms with Gasteiger partial charge >= 0.3 is 0 Å². The second-order valence-corrected chi connectivity index (χ2v) is 40.3. The highest BCUT2D eigenvalue weighted by molar-refractivity contribution is 6.16. The van der Waals surface area contributed by atoms with Gasteiger partial charge in [0.25, 0.3) is 0 Å². The number of hydrogen-bond donors (Lipinski definition) is 0. The van der Waals surface area contributed by atoms with E-state index in [1.54, 1.807) is 0 Å². The van der Waals surface area contributed by atoms with E-state index in [0.29, 0.717) is 64.3 Å². The van der Waals surface area contributed by atoms with Crippen molar-refractivity contribution in [3.63, 3.8) is 0 Å². The first-order chi connectivity index (χ1) is 73.8. The molecule has 29 rings (SSSR count). The van der Waals surface area contributed by atoms with Gasteiger partial charge in [0, 0.05) is 137 Å². The fourth-order valence-electron chi connectivity index (χ4n) is 24.7. The molecule has 1 atom stereocenters. The maximum Gasteiger partial charge on any atom is 0.164 e. The summed E-state index contributed by atoms with van der Waals surface area (Å²) < 4.78 is 27.0. The van der Waals surface area contributed by atoms with Gasteiger partial charge in [-0.05, 0) is 153 Å². The van der Waals surface area contributed by atoms with Gasteiger partial charge in [0.1, 0.15) is 44.7 Å². The lowest BCUT2D eigenvalue weighted by Gasteiger charge is -2.40. The third-order valence-corrected chi connectivity index (χ3v) is 31.7. The Morgan fingerprint density at radius 2 is 0.533 bits per heavy atom. The predicted molar refractivity (Wildman–Crippen MR) is 609 cm³/mol. The molecule has 716 valence electrons. The zero-order chi connectivity index (χ0) is 101. The zero-order valence-corrected chi connectivity index (χ0v) is 83.8. The highest BCUT2D eigenvalue weighted by atomic mass is 16.3. The molecular weight excluding hydrogens is 1840 g/mol. The zero-order valence-electron chi connectivity index (χ0n) is 83.8. The molecule has 7 heterocycles. The average Bonchev–Trinajstić information content (AvgIpc) is 1.52. The Labute approximate surface area is 867 Å². The van der Waals surface area contributed by atoms with E-state index in [-0.39, 0.29) is 16.2 Å². The highest BCUT2D eigenvalue weighted by Gasteiger charge is 2.51. The molecule has 0 saturated carbocycles. The molecule has 19 aromatic carbocycles. The van der Waals surface area contributed by atoms with Crippen molar-refractivity contribution in [2.24, 2.45) is 11.8 Å². The van der Waals surface area contributed by atoms with Crippen LogP contribution in [-0.2, 0) is 16.2 Å². The fourth-order valence-corrected chi connectivity index (χ4v) is 24.7. The lowest BCUT2D eigenvalue weighted by Crippen LogP contribution is -2.37. The van der Waals surface area contributed by atoms with Crippen molar-refractivity contribution in [3.8, 4) is 158 Å². The predicted octanol–water partition coefficient (Wildman–Crippen LogP) is 35.5. The van der Waals surface area contributed by atoms with Crippen LogP contribution in [0.25, 0.3) is 246 Å². The van der Waals surface area contributed by atoms with Crippen LogP contribution < -0.4 is 0 Å². The number of benzene rings is 19. The summed E-state index contributed by atoms with van der Waals surface area (Å²) >= 11 is 0. The van der Waals surface area contributed by atoms with Crippen molar-refractivity contribution >= 4 is 87.8 Å². The van der Waals surface area contributed by atoms with Crippen LogP contribution in [-0.4, -0.2) is 44.9 Å². The summed E-state index contributed by atoms with van der Waals surface area (Å²) in [6, 6.07) is 152. The monoisotopic (exact) mass is 1930 g/mol. The van der Waals surface area contributed by atoms with Crippen molar-refractivity contribution in [1.82, 2.24) is 44.9 Å². The van der Waals surface area contributed by atoms with Crippen LogP contribution in [0.5, 0.6) is 0 Å². The van der Waals surface area contributed by atoms with Gasteiger partial charge in [0.05, 0.1) is 0 Å². The lowest BCUT2D eigenvalue weighted by molar-refractivity contribution is 0.280. The molecule has 0 fully saturated rings. The molecule has 0 amide bonds. The number of nitrogens with zero attached hydrogens (tertiary/aromatic N) is 9. The summed E-state index contributed by atoms with van der Waals surface area (Å²) in [5.74, 6) is 6.52. The molecule has 13 nitrogen and oxygen atoms in total. The Morgan fingerprint density at radius 1 is 0.207 bits per heavy atom. The van der Waals surface area contributed by atoms with Gasteiger partial charge in [-0.15, -0.1) is 0 Å². The van der Waals surface area contributed by atoms with Crippen LogP contribution in [0, 0.1) is 11.8 Å². The minimum Gasteiger partial charge on any atom is -0.456 e. The standard InChI is InChI=1S/C47H31N3O.C46H37N3O.C44H31N3O2/c1-47(34-21-9-4-10-22-34)40-26-12-11-23-36(40)37-27-28-39-38-25-14-24-35(42(38)51-43(39)41(37)47)32-19-13-20-33(29-32)46-49-44(30-15-5-2-6-16-30)48-45(50-46)31-17-7-3-8-18-31;1-28(2)46(29(3)4)39-21-12-11-18-35(39)36-26-27-38-37-20-13-19-34(41(37)50-42(38)40(36)46)30-22-24-33(25-23-30)45-48-43(31-14-7-5-8-15-31)47-44(49-45)32-16-9-6-10-17-32;1-3-44(4-2)34-18-12-17-32(38(34)31-23-22-30-28-15-8-11-20-36(28)49-40(30)39(31)44)43-46-41(26-13-6-5-7-14-26)45-42(47-43)27-21-24-37-33(25-27)29-16-9-10-19-35(29)48-37/h2-29H,1H3;5-29H,1-4H3;5-25H,3-4H2,1-2H3.